The van der Waals surface area contributed by atoms with E-state index in [-0.39, 0.29) is 17.9 Å². The standard InChI is InChI=1S/C35H73N.ClH/c1-4-7-10-13-16-19-22-25-28-31-34-35(36,32-29-26-23-20-17-14-11-8-5-2)33-30-27-24-21-18-15-12-9-6-3;/h4-34,36H2,1-3H3;1H. The van der Waals surface area contributed by atoms with Crippen LogP contribution >= 0.6 is 12.4 Å². The number of hydrogen-bond acceptors (Lipinski definition) is 1. The lowest BCUT2D eigenvalue weighted by atomic mass is 9.82. The minimum Gasteiger partial charge on any atom is -0.325 e. The van der Waals surface area contributed by atoms with Gasteiger partial charge in [-0.2, -0.15) is 0 Å². The highest BCUT2D eigenvalue weighted by molar-refractivity contribution is 5.85. The predicted octanol–water partition coefficient (Wildman–Crippen LogP) is 13.3. The molecule has 0 spiro atoms. The van der Waals surface area contributed by atoms with E-state index < -0.39 is 0 Å². The highest BCUT2D eigenvalue weighted by atomic mass is 35.5. The van der Waals surface area contributed by atoms with Gasteiger partial charge in [-0.15, -0.1) is 12.4 Å². The molecule has 0 radical (unpaired) electrons. The van der Waals surface area contributed by atoms with Crippen molar-refractivity contribution >= 4 is 12.4 Å². The Morgan fingerprint density at radius 3 is 0.649 bits per heavy atom. The second kappa shape index (κ2) is 32.5. The monoisotopic (exact) mass is 544 g/mol. The minimum atomic E-state index is 0. The van der Waals surface area contributed by atoms with Crippen LogP contribution in [0.1, 0.15) is 220 Å². The van der Waals surface area contributed by atoms with Crippen LogP contribution in [-0.4, -0.2) is 5.54 Å². The van der Waals surface area contributed by atoms with E-state index in [9.17, 15) is 0 Å². The Bertz CT molecular complexity index is 375. The molecular weight excluding hydrogens is 470 g/mol. The molecule has 226 valence electrons. The molecule has 0 unspecified atom stereocenters. The predicted molar refractivity (Wildman–Crippen MR) is 174 cm³/mol. The first-order valence-electron chi connectivity index (χ1n) is 17.5. The molecule has 0 aliphatic rings. The molecule has 0 fully saturated rings. The molecule has 2 N–H and O–H groups in total. The zero-order valence-corrected chi connectivity index (χ0v) is 27.2. The van der Waals surface area contributed by atoms with Crippen molar-refractivity contribution in [1.82, 2.24) is 0 Å². The SMILES string of the molecule is CCCCCCCCCCCCC(N)(CCCCCCCCCCC)CCCCCCCCCCC.Cl. The Balaban J connectivity index is 0. The van der Waals surface area contributed by atoms with Crippen LogP contribution in [0.2, 0.25) is 0 Å². The fourth-order valence-corrected chi connectivity index (χ4v) is 5.91. The zero-order valence-electron chi connectivity index (χ0n) is 26.4. The van der Waals surface area contributed by atoms with Gasteiger partial charge in [0.05, 0.1) is 0 Å². The molecule has 37 heavy (non-hydrogen) atoms. The molecule has 0 bridgehead atoms. The first-order chi connectivity index (χ1) is 17.7. The molecule has 0 rings (SSSR count). The summed E-state index contributed by atoms with van der Waals surface area (Å²) in [7, 11) is 0. The van der Waals surface area contributed by atoms with Gasteiger partial charge in [-0.3, -0.25) is 0 Å². The summed E-state index contributed by atoms with van der Waals surface area (Å²) in [6, 6.07) is 0. The van der Waals surface area contributed by atoms with Gasteiger partial charge < -0.3 is 5.73 Å². The summed E-state index contributed by atoms with van der Waals surface area (Å²) in [6.07, 6.45) is 43.6. The maximum Gasteiger partial charge on any atom is 0.0154 e. The fourth-order valence-electron chi connectivity index (χ4n) is 5.91. The average molecular weight is 544 g/mol. The smallest absolute Gasteiger partial charge is 0.0154 e. The molecule has 0 amide bonds. The zero-order chi connectivity index (χ0) is 26.4. The Hall–Kier alpha value is 0.250. The third kappa shape index (κ3) is 30.6. The van der Waals surface area contributed by atoms with Crippen molar-refractivity contribution in [2.75, 3.05) is 0 Å². The number of rotatable bonds is 31. The van der Waals surface area contributed by atoms with Crippen molar-refractivity contribution in [3.05, 3.63) is 0 Å². The summed E-state index contributed by atoms with van der Waals surface area (Å²) in [5.74, 6) is 0. The largest absolute Gasteiger partial charge is 0.325 e. The topological polar surface area (TPSA) is 26.0 Å². The first kappa shape index (κ1) is 39.4. The molecule has 0 aliphatic heterocycles. The van der Waals surface area contributed by atoms with E-state index in [1.165, 1.54) is 199 Å². The highest BCUT2D eigenvalue weighted by Gasteiger charge is 2.23. The third-order valence-corrected chi connectivity index (χ3v) is 8.58. The molecule has 0 atom stereocenters. The van der Waals surface area contributed by atoms with Crippen molar-refractivity contribution < 1.29 is 0 Å². The summed E-state index contributed by atoms with van der Waals surface area (Å²) < 4.78 is 0. The van der Waals surface area contributed by atoms with Crippen molar-refractivity contribution in [2.24, 2.45) is 5.73 Å². The second-order valence-electron chi connectivity index (χ2n) is 12.5. The van der Waals surface area contributed by atoms with Crippen LogP contribution in [0.15, 0.2) is 0 Å². The molecule has 0 aromatic heterocycles. The van der Waals surface area contributed by atoms with Gasteiger partial charge in [0.2, 0.25) is 0 Å². The van der Waals surface area contributed by atoms with Crippen LogP contribution in [0.4, 0.5) is 0 Å². The summed E-state index contributed by atoms with van der Waals surface area (Å²) in [4.78, 5) is 0. The normalized spacial score (nSPS) is 11.7. The first-order valence-corrected chi connectivity index (χ1v) is 17.5. The van der Waals surface area contributed by atoms with Crippen molar-refractivity contribution in [3.8, 4) is 0 Å². The molecule has 0 aromatic carbocycles. The van der Waals surface area contributed by atoms with E-state index in [0.717, 1.165) is 0 Å². The number of unbranched alkanes of at least 4 members (excludes halogenated alkanes) is 25. The van der Waals surface area contributed by atoms with Gasteiger partial charge in [0, 0.05) is 5.54 Å². The van der Waals surface area contributed by atoms with E-state index in [1.54, 1.807) is 0 Å². The molecule has 1 nitrogen and oxygen atoms in total. The third-order valence-electron chi connectivity index (χ3n) is 8.58. The minimum absolute atomic E-state index is 0. The van der Waals surface area contributed by atoms with Gasteiger partial charge in [-0.05, 0) is 19.3 Å². The number of hydrogen-bond donors (Lipinski definition) is 1. The summed E-state index contributed by atoms with van der Waals surface area (Å²) >= 11 is 0. The number of nitrogens with two attached hydrogens (primary N) is 1. The van der Waals surface area contributed by atoms with Crippen LogP contribution in [0.5, 0.6) is 0 Å². The molecule has 0 saturated heterocycles. The molecule has 0 heterocycles. The van der Waals surface area contributed by atoms with Crippen molar-refractivity contribution in [3.63, 3.8) is 0 Å². The Labute approximate surface area is 243 Å². The Morgan fingerprint density at radius 2 is 0.459 bits per heavy atom. The van der Waals surface area contributed by atoms with Gasteiger partial charge in [0.25, 0.3) is 0 Å². The fraction of sp³-hybridized carbons (Fsp3) is 1.00. The highest BCUT2D eigenvalue weighted by Crippen LogP contribution is 2.27. The van der Waals surface area contributed by atoms with Crippen LogP contribution in [0.3, 0.4) is 0 Å². The lowest BCUT2D eigenvalue weighted by Crippen LogP contribution is -2.39. The quantitative estimate of drug-likeness (QED) is 0.0864. The number of halogens is 1. The van der Waals surface area contributed by atoms with Gasteiger partial charge in [-0.25, -0.2) is 0 Å². The van der Waals surface area contributed by atoms with E-state index >= 15 is 0 Å². The van der Waals surface area contributed by atoms with Crippen molar-refractivity contribution in [1.29, 1.82) is 0 Å². The summed E-state index contributed by atoms with van der Waals surface area (Å²) in [6.45, 7) is 6.93. The van der Waals surface area contributed by atoms with Gasteiger partial charge in [0.15, 0.2) is 0 Å². The van der Waals surface area contributed by atoms with Crippen LogP contribution in [0.25, 0.3) is 0 Å². The van der Waals surface area contributed by atoms with Crippen LogP contribution in [-0.2, 0) is 0 Å². The van der Waals surface area contributed by atoms with E-state index in [2.05, 4.69) is 20.8 Å². The van der Waals surface area contributed by atoms with Gasteiger partial charge >= 0.3 is 0 Å². The van der Waals surface area contributed by atoms with Crippen LogP contribution in [0, 0.1) is 0 Å². The molecule has 0 aromatic rings. The maximum atomic E-state index is 7.10. The van der Waals surface area contributed by atoms with E-state index in [1.807, 2.05) is 0 Å². The summed E-state index contributed by atoms with van der Waals surface area (Å²) in [5, 5.41) is 0. The van der Waals surface area contributed by atoms with E-state index in [0.29, 0.717) is 0 Å². The summed E-state index contributed by atoms with van der Waals surface area (Å²) in [5.41, 5.74) is 7.23. The Morgan fingerprint density at radius 1 is 0.297 bits per heavy atom. The lowest BCUT2D eigenvalue weighted by Gasteiger charge is -2.30. The van der Waals surface area contributed by atoms with Gasteiger partial charge in [0.1, 0.15) is 0 Å². The Kier molecular flexibility index (Phi) is 34.6. The molecule has 0 aliphatic carbocycles. The maximum absolute atomic E-state index is 7.10. The molecular formula is C35H74ClN. The molecule has 0 saturated carbocycles. The average Bonchev–Trinajstić information content (AvgIpc) is 2.88. The molecule has 2 heteroatoms. The second-order valence-corrected chi connectivity index (χ2v) is 12.5. The lowest BCUT2D eigenvalue weighted by molar-refractivity contribution is 0.302. The van der Waals surface area contributed by atoms with E-state index in [4.69, 9.17) is 5.73 Å². The van der Waals surface area contributed by atoms with Crippen LogP contribution < -0.4 is 5.73 Å². The van der Waals surface area contributed by atoms with Gasteiger partial charge in [-0.1, -0.05) is 201 Å². The van der Waals surface area contributed by atoms with Crippen molar-refractivity contribution in [2.45, 2.75) is 225 Å².